The van der Waals surface area contributed by atoms with E-state index < -0.39 is 6.04 Å². The Kier molecular flexibility index (Phi) is 4.14. The van der Waals surface area contributed by atoms with E-state index in [0.29, 0.717) is 17.1 Å². The van der Waals surface area contributed by atoms with E-state index in [1.54, 1.807) is 36.0 Å². The maximum atomic E-state index is 12.1. The summed E-state index contributed by atoms with van der Waals surface area (Å²) in [6.45, 7) is 0. The summed E-state index contributed by atoms with van der Waals surface area (Å²) in [4.78, 5) is 25.1. The molecular formula is C12H13ClN2O2S. The van der Waals surface area contributed by atoms with Gasteiger partial charge in [0.05, 0.1) is 5.69 Å². The van der Waals surface area contributed by atoms with Crippen LogP contribution in [0.5, 0.6) is 0 Å². The topological polar surface area (TPSA) is 49.4 Å². The van der Waals surface area contributed by atoms with Gasteiger partial charge in [-0.2, -0.15) is 11.8 Å². The molecule has 1 atom stereocenters. The number of nitrogens with one attached hydrogen (secondary N) is 1. The van der Waals surface area contributed by atoms with Crippen molar-refractivity contribution < 1.29 is 9.59 Å². The number of rotatable bonds is 4. The van der Waals surface area contributed by atoms with E-state index in [1.165, 1.54) is 0 Å². The molecule has 1 aromatic carbocycles. The Morgan fingerprint density at radius 1 is 1.44 bits per heavy atom. The number of thioether (sulfide) groups is 1. The molecule has 1 N–H and O–H groups in total. The summed E-state index contributed by atoms with van der Waals surface area (Å²) in [5, 5.41) is 3.19. The molecule has 0 aromatic heterocycles. The first kappa shape index (κ1) is 13.2. The summed E-state index contributed by atoms with van der Waals surface area (Å²) in [7, 11) is 0. The summed E-state index contributed by atoms with van der Waals surface area (Å²) in [5.74, 6) is 0.622. The van der Waals surface area contributed by atoms with Gasteiger partial charge in [0.1, 0.15) is 6.04 Å². The number of nitrogens with zero attached hydrogens (tertiary/aromatic N) is 1. The van der Waals surface area contributed by atoms with Crippen LogP contribution in [0.3, 0.4) is 0 Å². The van der Waals surface area contributed by atoms with Crippen LogP contribution in [0.4, 0.5) is 10.5 Å². The summed E-state index contributed by atoms with van der Waals surface area (Å²) in [6, 6.07) is 5.91. The fourth-order valence-corrected chi connectivity index (χ4v) is 2.48. The van der Waals surface area contributed by atoms with E-state index in [1.807, 2.05) is 6.26 Å². The van der Waals surface area contributed by atoms with Crippen molar-refractivity contribution in [1.82, 2.24) is 5.32 Å². The lowest BCUT2D eigenvalue weighted by atomic mass is 10.2. The second-order valence-electron chi connectivity index (χ2n) is 3.94. The number of urea groups is 1. The molecule has 6 heteroatoms. The molecule has 1 fully saturated rings. The van der Waals surface area contributed by atoms with Gasteiger partial charge in [0.2, 0.25) is 0 Å². The lowest BCUT2D eigenvalue weighted by Gasteiger charge is -2.13. The van der Waals surface area contributed by atoms with E-state index >= 15 is 0 Å². The van der Waals surface area contributed by atoms with Crippen molar-refractivity contribution in [3.05, 3.63) is 29.3 Å². The number of halogens is 1. The first-order chi connectivity index (χ1) is 8.63. The molecule has 0 saturated carbocycles. The van der Waals surface area contributed by atoms with Gasteiger partial charge in [-0.3, -0.25) is 4.79 Å². The van der Waals surface area contributed by atoms with Gasteiger partial charge < -0.3 is 5.32 Å². The molecule has 96 valence electrons. The molecule has 18 heavy (non-hydrogen) atoms. The second kappa shape index (κ2) is 5.63. The third kappa shape index (κ3) is 2.62. The van der Waals surface area contributed by atoms with Crippen LogP contribution in [-0.4, -0.2) is 30.0 Å². The summed E-state index contributed by atoms with van der Waals surface area (Å²) in [5.41, 5.74) is 0.511. The number of hydrogen-bond donors (Lipinski definition) is 1. The van der Waals surface area contributed by atoms with Crippen molar-refractivity contribution in [2.24, 2.45) is 0 Å². The summed E-state index contributed by atoms with van der Waals surface area (Å²) in [6.07, 6.45) is 2.61. The van der Waals surface area contributed by atoms with E-state index in [4.69, 9.17) is 11.6 Å². The summed E-state index contributed by atoms with van der Waals surface area (Å²) < 4.78 is 0. The predicted molar refractivity (Wildman–Crippen MR) is 74.3 cm³/mol. The Bertz CT molecular complexity index is 481. The predicted octanol–water partition coefficient (Wildman–Crippen LogP) is 2.52. The molecule has 0 radical (unpaired) electrons. The van der Waals surface area contributed by atoms with E-state index in [9.17, 15) is 9.59 Å². The van der Waals surface area contributed by atoms with Crippen LogP contribution in [0.2, 0.25) is 5.02 Å². The first-order valence-corrected chi connectivity index (χ1v) is 7.29. The highest BCUT2D eigenvalue weighted by molar-refractivity contribution is 7.98. The molecule has 4 nitrogen and oxygen atoms in total. The molecule has 0 bridgehead atoms. The Labute approximate surface area is 115 Å². The zero-order valence-corrected chi connectivity index (χ0v) is 11.4. The van der Waals surface area contributed by atoms with Crippen molar-refractivity contribution in [2.45, 2.75) is 12.5 Å². The van der Waals surface area contributed by atoms with Crippen LogP contribution in [0.25, 0.3) is 0 Å². The monoisotopic (exact) mass is 284 g/mol. The molecule has 2 rings (SSSR count). The highest BCUT2D eigenvalue weighted by Crippen LogP contribution is 2.23. The van der Waals surface area contributed by atoms with Crippen LogP contribution in [0.1, 0.15) is 6.42 Å². The Hall–Kier alpha value is -1.20. The Morgan fingerprint density at radius 3 is 2.89 bits per heavy atom. The number of anilines is 1. The van der Waals surface area contributed by atoms with Crippen LogP contribution >= 0.6 is 23.4 Å². The van der Waals surface area contributed by atoms with Crippen molar-refractivity contribution in [2.75, 3.05) is 16.9 Å². The molecule has 0 spiro atoms. The van der Waals surface area contributed by atoms with Gasteiger partial charge in [-0.25, -0.2) is 9.69 Å². The SMILES string of the molecule is CSCCC1NC(=O)N(c2cccc(Cl)c2)C1=O. The number of hydrogen-bond acceptors (Lipinski definition) is 3. The van der Waals surface area contributed by atoms with Gasteiger partial charge in [-0.05, 0) is 36.6 Å². The number of amides is 3. The molecule has 3 amide bonds. The first-order valence-electron chi connectivity index (χ1n) is 5.52. The molecule has 1 aromatic rings. The van der Waals surface area contributed by atoms with Gasteiger partial charge in [-0.1, -0.05) is 17.7 Å². The van der Waals surface area contributed by atoms with E-state index in [2.05, 4.69) is 5.32 Å². The number of carbonyl (C=O) groups excluding carboxylic acids is 2. The highest BCUT2D eigenvalue weighted by Gasteiger charge is 2.38. The van der Waals surface area contributed by atoms with Crippen LogP contribution in [-0.2, 0) is 4.79 Å². The van der Waals surface area contributed by atoms with Crippen LogP contribution < -0.4 is 10.2 Å². The molecule has 1 unspecified atom stereocenters. The largest absolute Gasteiger partial charge is 0.329 e. The van der Waals surface area contributed by atoms with Crippen molar-refractivity contribution in [3.63, 3.8) is 0 Å². The van der Waals surface area contributed by atoms with E-state index in [0.717, 1.165) is 10.7 Å². The van der Waals surface area contributed by atoms with Gasteiger partial charge >= 0.3 is 6.03 Å². The molecule has 1 heterocycles. The lowest BCUT2D eigenvalue weighted by Crippen LogP contribution is -2.31. The van der Waals surface area contributed by atoms with Gasteiger partial charge in [0, 0.05) is 5.02 Å². The van der Waals surface area contributed by atoms with Gasteiger partial charge in [-0.15, -0.1) is 0 Å². The molecule has 1 aliphatic heterocycles. The van der Waals surface area contributed by atoms with Crippen LogP contribution in [0, 0.1) is 0 Å². The third-order valence-corrected chi connectivity index (χ3v) is 3.58. The molecule has 1 aliphatic rings. The minimum atomic E-state index is -0.427. The quantitative estimate of drug-likeness (QED) is 0.865. The number of carbonyl (C=O) groups is 2. The lowest BCUT2D eigenvalue weighted by molar-refractivity contribution is -0.118. The average molecular weight is 285 g/mol. The minimum absolute atomic E-state index is 0.212. The minimum Gasteiger partial charge on any atom is -0.325 e. The molecule has 0 aliphatic carbocycles. The Balaban J connectivity index is 2.19. The maximum Gasteiger partial charge on any atom is 0.329 e. The van der Waals surface area contributed by atoms with Crippen LogP contribution in [0.15, 0.2) is 24.3 Å². The zero-order chi connectivity index (χ0) is 13.1. The Morgan fingerprint density at radius 2 is 2.22 bits per heavy atom. The fourth-order valence-electron chi connectivity index (χ4n) is 1.82. The van der Waals surface area contributed by atoms with E-state index in [-0.39, 0.29) is 11.9 Å². The number of imide groups is 1. The molecular weight excluding hydrogens is 272 g/mol. The fraction of sp³-hybridized carbons (Fsp3) is 0.333. The standard InChI is InChI=1S/C12H13ClN2O2S/c1-18-6-5-10-11(16)15(12(17)14-10)9-4-2-3-8(13)7-9/h2-4,7,10H,5-6H2,1H3,(H,14,17). The number of benzene rings is 1. The maximum absolute atomic E-state index is 12.1. The van der Waals surface area contributed by atoms with Crippen molar-refractivity contribution in [1.29, 1.82) is 0 Å². The highest BCUT2D eigenvalue weighted by atomic mass is 35.5. The average Bonchev–Trinajstić information content (AvgIpc) is 2.62. The van der Waals surface area contributed by atoms with Crippen molar-refractivity contribution in [3.8, 4) is 0 Å². The summed E-state index contributed by atoms with van der Waals surface area (Å²) >= 11 is 7.51. The van der Waals surface area contributed by atoms with Crippen molar-refractivity contribution >= 4 is 41.0 Å². The normalized spacial score (nSPS) is 19.2. The third-order valence-electron chi connectivity index (χ3n) is 2.70. The smallest absolute Gasteiger partial charge is 0.325 e. The second-order valence-corrected chi connectivity index (χ2v) is 5.36. The van der Waals surface area contributed by atoms with Gasteiger partial charge in [0.15, 0.2) is 0 Å². The van der Waals surface area contributed by atoms with Gasteiger partial charge in [0.25, 0.3) is 5.91 Å². The molecule has 1 saturated heterocycles. The zero-order valence-electron chi connectivity index (χ0n) is 9.85.